The first-order valence-corrected chi connectivity index (χ1v) is 9.39. The highest BCUT2D eigenvalue weighted by Gasteiger charge is 2.25. The molecule has 26 heavy (non-hydrogen) atoms. The van der Waals surface area contributed by atoms with Crippen molar-refractivity contribution in [2.75, 3.05) is 44.7 Å². The summed E-state index contributed by atoms with van der Waals surface area (Å²) in [6, 6.07) is 4.33. The second kappa shape index (κ2) is 9.71. The zero-order chi connectivity index (χ0) is 19.1. The smallest absolute Gasteiger partial charge is 0.191 e. The molecule has 0 radical (unpaired) electrons. The third kappa shape index (κ3) is 5.30. The molecule has 2 atom stereocenters. The maximum Gasteiger partial charge on any atom is 0.191 e. The van der Waals surface area contributed by atoms with E-state index in [0.29, 0.717) is 18.3 Å². The van der Waals surface area contributed by atoms with E-state index < -0.39 is 11.6 Å². The molecule has 2 N–H and O–H groups in total. The Balaban J connectivity index is 1.86. The Morgan fingerprint density at radius 2 is 2.08 bits per heavy atom. The highest BCUT2D eigenvalue weighted by Crippen LogP contribution is 2.24. The molecule has 0 amide bonds. The number of aliphatic imine (C=N–C) groups is 1. The summed E-state index contributed by atoms with van der Waals surface area (Å²) >= 11 is 0. The van der Waals surface area contributed by atoms with Gasteiger partial charge in [-0.1, -0.05) is 13.8 Å². The second-order valence-corrected chi connectivity index (χ2v) is 6.70. The van der Waals surface area contributed by atoms with Crippen molar-refractivity contribution < 1.29 is 8.78 Å². The summed E-state index contributed by atoms with van der Waals surface area (Å²) in [4.78, 5) is 8.62. The van der Waals surface area contributed by atoms with E-state index in [9.17, 15) is 8.78 Å². The van der Waals surface area contributed by atoms with Gasteiger partial charge in [0.1, 0.15) is 11.6 Å². The zero-order valence-corrected chi connectivity index (χ0v) is 16.2. The molecule has 1 fully saturated rings. The Kier molecular flexibility index (Phi) is 7.63. The van der Waals surface area contributed by atoms with Gasteiger partial charge in [0.2, 0.25) is 0 Å². The van der Waals surface area contributed by atoms with E-state index in [2.05, 4.69) is 41.3 Å². The Morgan fingerprint density at radius 1 is 1.35 bits per heavy atom. The molecule has 1 aromatic carbocycles. The predicted octanol–water partition coefficient (Wildman–Crippen LogP) is 2.44. The topological polar surface area (TPSA) is 42.9 Å². The van der Waals surface area contributed by atoms with E-state index in [4.69, 9.17) is 0 Å². The number of nitrogens with one attached hydrogen (secondary N) is 2. The lowest BCUT2D eigenvalue weighted by Crippen LogP contribution is -2.49. The molecule has 1 aliphatic heterocycles. The molecular formula is C19H31F2N5. The molecule has 0 bridgehead atoms. The van der Waals surface area contributed by atoms with E-state index in [1.807, 2.05) is 4.90 Å². The fourth-order valence-corrected chi connectivity index (χ4v) is 3.44. The van der Waals surface area contributed by atoms with E-state index >= 15 is 0 Å². The van der Waals surface area contributed by atoms with E-state index in [-0.39, 0.29) is 6.04 Å². The molecule has 5 nitrogen and oxygen atoms in total. The van der Waals surface area contributed by atoms with Crippen molar-refractivity contribution in [2.45, 2.75) is 39.3 Å². The monoisotopic (exact) mass is 367 g/mol. The number of benzene rings is 1. The van der Waals surface area contributed by atoms with Crippen LogP contribution in [-0.2, 0) is 0 Å². The summed E-state index contributed by atoms with van der Waals surface area (Å²) in [6.07, 6.45) is 0.878. The van der Waals surface area contributed by atoms with Crippen LogP contribution < -0.4 is 15.5 Å². The van der Waals surface area contributed by atoms with Gasteiger partial charge in [-0.05, 0) is 38.6 Å². The summed E-state index contributed by atoms with van der Waals surface area (Å²) in [6.45, 7) is 10.8. The van der Waals surface area contributed by atoms with Gasteiger partial charge in [-0.25, -0.2) is 8.78 Å². The van der Waals surface area contributed by atoms with Crippen LogP contribution in [0.2, 0.25) is 0 Å². The molecule has 2 rings (SSSR count). The molecule has 7 heteroatoms. The zero-order valence-electron chi connectivity index (χ0n) is 16.2. The Hall–Kier alpha value is -1.89. The quantitative estimate of drug-likeness (QED) is 0.574. The molecule has 1 saturated heterocycles. The average molecular weight is 367 g/mol. The molecular weight excluding hydrogens is 336 g/mol. The van der Waals surface area contributed by atoms with Crippen LogP contribution in [0.4, 0.5) is 14.5 Å². The van der Waals surface area contributed by atoms with Gasteiger partial charge in [-0.15, -0.1) is 0 Å². The number of likely N-dealkylation sites (N-methyl/N-ethyl adjacent to an activating group) is 1. The number of guanidine groups is 1. The molecule has 1 aliphatic rings. The van der Waals surface area contributed by atoms with Crippen LogP contribution in [0.25, 0.3) is 0 Å². The van der Waals surface area contributed by atoms with Crippen LogP contribution in [0.5, 0.6) is 0 Å². The van der Waals surface area contributed by atoms with Crippen molar-refractivity contribution in [3.8, 4) is 0 Å². The standard InChI is InChI=1S/C19H31F2N5/c1-5-25(6-2)14(3)12-23-19(22-4)24-16-9-10-26(13-16)18-8-7-15(20)11-17(18)21/h7-8,11,14,16H,5-6,9-10,12-13H2,1-4H3,(H2,22,23,24). The van der Waals surface area contributed by atoms with Crippen LogP contribution in [-0.4, -0.2) is 62.7 Å². The lowest BCUT2D eigenvalue weighted by atomic mass is 10.2. The number of anilines is 1. The average Bonchev–Trinajstić information content (AvgIpc) is 3.07. The Morgan fingerprint density at radius 3 is 2.69 bits per heavy atom. The van der Waals surface area contributed by atoms with Gasteiger partial charge in [-0.3, -0.25) is 9.89 Å². The summed E-state index contributed by atoms with van der Waals surface area (Å²) in [5.41, 5.74) is 0.453. The second-order valence-electron chi connectivity index (χ2n) is 6.70. The molecule has 0 aliphatic carbocycles. The van der Waals surface area contributed by atoms with Gasteiger partial charge in [0.05, 0.1) is 5.69 Å². The predicted molar refractivity (Wildman–Crippen MR) is 104 cm³/mol. The fraction of sp³-hybridized carbons (Fsp3) is 0.632. The third-order valence-corrected chi connectivity index (χ3v) is 5.00. The van der Waals surface area contributed by atoms with Crippen molar-refractivity contribution in [1.29, 1.82) is 0 Å². The van der Waals surface area contributed by atoms with Crippen LogP contribution in [0.15, 0.2) is 23.2 Å². The first-order valence-electron chi connectivity index (χ1n) is 9.39. The lowest BCUT2D eigenvalue weighted by Gasteiger charge is -2.27. The summed E-state index contributed by atoms with van der Waals surface area (Å²) in [5, 5.41) is 6.78. The Bertz CT molecular complexity index is 604. The molecule has 146 valence electrons. The molecule has 0 aromatic heterocycles. The van der Waals surface area contributed by atoms with Gasteiger partial charge in [0.25, 0.3) is 0 Å². The number of hydrogen-bond acceptors (Lipinski definition) is 3. The van der Waals surface area contributed by atoms with Crippen LogP contribution in [0.3, 0.4) is 0 Å². The first kappa shape index (κ1) is 20.4. The summed E-state index contributed by atoms with van der Waals surface area (Å²) in [5.74, 6) is -0.302. The summed E-state index contributed by atoms with van der Waals surface area (Å²) < 4.78 is 27.1. The van der Waals surface area contributed by atoms with E-state index in [1.165, 1.54) is 12.1 Å². The van der Waals surface area contributed by atoms with Gasteiger partial charge in [-0.2, -0.15) is 0 Å². The van der Waals surface area contributed by atoms with Gasteiger partial charge in [0.15, 0.2) is 5.96 Å². The largest absolute Gasteiger partial charge is 0.367 e. The summed E-state index contributed by atoms with van der Waals surface area (Å²) in [7, 11) is 1.75. The number of rotatable bonds is 7. The minimum absolute atomic E-state index is 0.175. The van der Waals surface area contributed by atoms with Crippen molar-refractivity contribution in [1.82, 2.24) is 15.5 Å². The van der Waals surface area contributed by atoms with Gasteiger partial charge >= 0.3 is 0 Å². The molecule has 1 heterocycles. The lowest BCUT2D eigenvalue weighted by molar-refractivity contribution is 0.231. The minimum atomic E-state index is -0.549. The van der Waals surface area contributed by atoms with Crippen LogP contribution in [0, 0.1) is 11.6 Å². The van der Waals surface area contributed by atoms with Crippen LogP contribution in [0.1, 0.15) is 27.2 Å². The van der Waals surface area contributed by atoms with E-state index in [1.54, 1.807) is 7.05 Å². The van der Waals surface area contributed by atoms with E-state index in [0.717, 1.165) is 44.6 Å². The van der Waals surface area contributed by atoms with Crippen molar-refractivity contribution in [2.24, 2.45) is 4.99 Å². The van der Waals surface area contributed by atoms with Crippen molar-refractivity contribution in [3.05, 3.63) is 29.8 Å². The highest BCUT2D eigenvalue weighted by atomic mass is 19.1. The molecule has 2 unspecified atom stereocenters. The normalized spacial score (nSPS) is 19.1. The molecule has 0 spiro atoms. The number of nitrogens with zero attached hydrogens (tertiary/aromatic N) is 3. The highest BCUT2D eigenvalue weighted by molar-refractivity contribution is 5.80. The maximum atomic E-state index is 14.0. The number of halogens is 2. The molecule has 0 saturated carbocycles. The SMILES string of the molecule is CCN(CC)C(C)CNC(=NC)NC1CCN(c2ccc(F)cc2F)C1. The molecule has 1 aromatic rings. The Labute approximate surface area is 155 Å². The minimum Gasteiger partial charge on any atom is -0.367 e. The third-order valence-electron chi connectivity index (χ3n) is 5.00. The first-order chi connectivity index (χ1) is 12.5. The van der Waals surface area contributed by atoms with Gasteiger partial charge in [0, 0.05) is 44.8 Å². The van der Waals surface area contributed by atoms with Crippen LogP contribution >= 0.6 is 0 Å². The fourth-order valence-electron chi connectivity index (χ4n) is 3.44. The van der Waals surface area contributed by atoms with Crippen molar-refractivity contribution >= 4 is 11.6 Å². The number of hydrogen-bond donors (Lipinski definition) is 2. The maximum absolute atomic E-state index is 14.0. The van der Waals surface area contributed by atoms with Gasteiger partial charge < -0.3 is 15.5 Å². The van der Waals surface area contributed by atoms with Crippen molar-refractivity contribution in [3.63, 3.8) is 0 Å².